The summed E-state index contributed by atoms with van der Waals surface area (Å²) in [6, 6.07) is 8.16. The molecule has 2 aromatic rings. The van der Waals surface area contributed by atoms with Crippen LogP contribution in [-0.4, -0.2) is 86.1 Å². The number of carbonyl (C=O) groups is 2. The largest absolute Gasteiger partial charge is 0.496 e. The van der Waals surface area contributed by atoms with E-state index in [0.717, 1.165) is 50.2 Å². The number of hydrogen-bond acceptors (Lipinski definition) is 7. The molecule has 0 saturated heterocycles. The zero-order valence-electron chi connectivity index (χ0n) is 25.1. The van der Waals surface area contributed by atoms with Gasteiger partial charge in [-0.2, -0.15) is 0 Å². The molecule has 0 saturated carbocycles. The lowest BCUT2D eigenvalue weighted by atomic mass is 9.82. The molecule has 1 aliphatic rings. The second kappa shape index (κ2) is 16.0. The van der Waals surface area contributed by atoms with Crippen LogP contribution in [0.25, 0.3) is 0 Å². The van der Waals surface area contributed by atoms with Crippen molar-refractivity contribution in [3.8, 4) is 5.75 Å². The second-order valence-electron chi connectivity index (χ2n) is 11.2. The van der Waals surface area contributed by atoms with Gasteiger partial charge in [0.15, 0.2) is 0 Å². The van der Waals surface area contributed by atoms with Crippen LogP contribution in [-0.2, 0) is 32.6 Å². The summed E-state index contributed by atoms with van der Waals surface area (Å²) in [5.41, 5.74) is 1.60. The van der Waals surface area contributed by atoms with E-state index in [9.17, 15) is 19.1 Å². The number of pyridine rings is 1. The number of nitrogens with one attached hydrogen (secondary N) is 2. The van der Waals surface area contributed by atoms with Crippen LogP contribution in [0.4, 0.5) is 10.2 Å². The Bertz CT molecular complexity index is 1190. The summed E-state index contributed by atoms with van der Waals surface area (Å²) >= 11 is 6.41. The van der Waals surface area contributed by atoms with E-state index in [2.05, 4.69) is 22.8 Å². The predicted octanol–water partition coefficient (Wildman–Crippen LogP) is 4.65. The number of carboxylic acid groups (broad SMARTS) is 1. The van der Waals surface area contributed by atoms with E-state index in [0.29, 0.717) is 36.0 Å². The zero-order chi connectivity index (χ0) is 30.7. The third kappa shape index (κ3) is 9.02. The first-order valence-electron chi connectivity index (χ1n) is 14.5. The highest BCUT2D eigenvalue weighted by Gasteiger charge is 2.37. The fraction of sp³-hybridized carbons (Fsp3) is 0.581. The highest BCUT2D eigenvalue weighted by atomic mass is 35.5. The van der Waals surface area contributed by atoms with E-state index in [4.69, 9.17) is 26.1 Å². The average Bonchev–Trinajstić information content (AvgIpc) is 2.98. The number of fused-ring (bicyclic) bond motifs is 1. The number of nitrogens with zero attached hydrogens (tertiary/aromatic N) is 2. The molecule has 2 heterocycles. The van der Waals surface area contributed by atoms with E-state index in [1.807, 2.05) is 4.90 Å². The standard InChI is InChI=1S/C31H44ClFN4O5/c1-31(2,27-24(32)11-7-12-26(27)42-4)30(40)36-25(29(38)39)15-18-37(20-23(19-33)41-3)17-6-5-10-22-14-13-21-9-8-16-34-28(21)35-22/h7,11-14,23,25H,5-6,8-10,15-20H2,1-4H3,(H,34,35)(H,36,40)(H,38,39)/t23-,25+/m1/s1. The minimum atomic E-state index is -1.16. The van der Waals surface area contributed by atoms with Crippen LogP contribution in [0.1, 0.15) is 56.4 Å². The first kappa shape index (κ1) is 33.6. The number of aryl methyl sites for hydroxylation is 2. The van der Waals surface area contributed by atoms with Crippen LogP contribution in [0.3, 0.4) is 0 Å². The molecule has 232 valence electrons. The molecule has 3 N–H and O–H groups in total. The molecule has 9 nitrogen and oxygen atoms in total. The van der Waals surface area contributed by atoms with Gasteiger partial charge in [-0.25, -0.2) is 14.2 Å². The Kier molecular flexibility index (Phi) is 12.8. The summed E-state index contributed by atoms with van der Waals surface area (Å²) in [4.78, 5) is 32.3. The molecule has 0 aliphatic carbocycles. The first-order chi connectivity index (χ1) is 20.1. The van der Waals surface area contributed by atoms with Crippen molar-refractivity contribution in [2.45, 2.75) is 69.9 Å². The molecule has 42 heavy (non-hydrogen) atoms. The van der Waals surface area contributed by atoms with Gasteiger partial charge in [0.1, 0.15) is 24.3 Å². The molecule has 1 aliphatic heterocycles. The van der Waals surface area contributed by atoms with E-state index in [1.165, 1.54) is 19.8 Å². The van der Waals surface area contributed by atoms with Crippen molar-refractivity contribution < 1.29 is 28.6 Å². The number of benzene rings is 1. The molecule has 0 unspecified atom stereocenters. The maximum absolute atomic E-state index is 13.5. The third-order valence-electron chi connectivity index (χ3n) is 7.80. The number of ether oxygens (including phenoxy) is 2. The first-order valence-corrected chi connectivity index (χ1v) is 14.9. The fourth-order valence-corrected chi connectivity index (χ4v) is 5.62. The van der Waals surface area contributed by atoms with Crippen LogP contribution in [0, 0.1) is 0 Å². The average molecular weight is 607 g/mol. The minimum Gasteiger partial charge on any atom is -0.496 e. The lowest BCUT2D eigenvalue weighted by Crippen LogP contribution is -2.50. The van der Waals surface area contributed by atoms with Crippen LogP contribution in [0.15, 0.2) is 30.3 Å². The molecule has 0 bridgehead atoms. The molecule has 3 rings (SSSR count). The summed E-state index contributed by atoms with van der Waals surface area (Å²) in [5.74, 6) is -0.215. The maximum Gasteiger partial charge on any atom is 0.326 e. The highest BCUT2D eigenvalue weighted by molar-refractivity contribution is 6.32. The molecule has 1 aromatic carbocycles. The van der Waals surface area contributed by atoms with Crippen molar-refractivity contribution in [1.82, 2.24) is 15.2 Å². The summed E-state index contributed by atoms with van der Waals surface area (Å²) in [6.07, 6.45) is 4.18. The van der Waals surface area contributed by atoms with Crippen LogP contribution < -0.4 is 15.4 Å². The van der Waals surface area contributed by atoms with Crippen molar-refractivity contribution in [3.63, 3.8) is 0 Å². The van der Waals surface area contributed by atoms with Crippen molar-refractivity contribution in [2.24, 2.45) is 0 Å². The Morgan fingerprint density at radius 3 is 2.69 bits per heavy atom. The molecular formula is C31H44ClFN4O5. The molecule has 0 radical (unpaired) electrons. The molecule has 2 atom stereocenters. The predicted molar refractivity (Wildman–Crippen MR) is 162 cm³/mol. The number of aliphatic carboxylic acids is 1. The number of carboxylic acids is 1. The van der Waals surface area contributed by atoms with Gasteiger partial charge in [-0.3, -0.25) is 4.79 Å². The number of methoxy groups -OCH3 is 2. The number of carbonyl (C=O) groups excluding carboxylic acids is 1. The summed E-state index contributed by atoms with van der Waals surface area (Å²) in [6.45, 7) is 4.93. The van der Waals surface area contributed by atoms with E-state index >= 15 is 0 Å². The topological polar surface area (TPSA) is 113 Å². The fourth-order valence-electron chi connectivity index (χ4n) is 5.22. The van der Waals surface area contributed by atoms with Gasteiger partial charge in [-0.05, 0) is 82.7 Å². The maximum atomic E-state index is 13.5. The lowest BCUT2D eigenvalue weighted by molar-refractivity contribution is -0.143. The molecule has 11 heteroatoms. The van der Waals surface area contributed by atoms with Crippen LogP contribution in [0.2, 0.25) is 5.02 Å². The zero-order valence-corrected chi connectivity index (χ0v) is 25.8. The van der Waals surface area contributed by atoms with Gasteiger partial charge in [-0.1, -0.05) is 23.7 Å². The van der Waals surface area contributed by atoms with Gasteiger partial charge >= 0.3 is 5.97 Å². The van der Waals surface area contributed by atoms with E-state index < -0.39 is 36.1 Å². The van der Waals surface area contributed by atoms with Gasteiger partial charge < -0.3 is 30.1 Å². The Labute approximate surface area is 253 Å². The number of aromatic nitrogens is 1. The SMILES string of the molecule is COc1cccc(Cl)c1C(C)(C)C(=O)N[C@@H](CCN(CCCCc1ccc2c(n1)NCCC2)C[C@@H](CF)OC)C(=O)O. The molecule has 0 fully saturated rings. The number of amides is 1. The monoisotopic (exact) mass is 606 g/mol. The lowest BCUT2D eigenvalue weighted by Gasteiger charge is -2.30. The summed E-state index contributed by atoms with van der Waals surface area (Å²) in [5, 5.41) is 16.3. The van der Waals surface area contributed by atoms with Crippen LogP contribution in [0.5, 0.6) is 5.75 Å². The smallest absolute Gasteiger partial charge is 0.326 e. The summed E-state index contributed by atoms with van der Waals surface area (Å²) in [7, 11) is 2.95. The summed E-state index contributed by atoms with van der Waals surface area (Å²) < 4.78 is 24.2. The molecule has 1 amide bonds. The van der Waals surface area contributed by atoms with E-state index in [1.54, 1.807) is 32.0 Å². The highest BCUT2D eigenvalue weighted by Crippen LogP contribution is 2.37. The minimum absolute atomic E-state index is 0.136. The van der Waals surface area contributed by atoms with Crippen molar-refractivity contribution in [1.29, 1.82) is 0 Å². The Hall–Kier alpha value is -2.95. The van der Waals surface area contributed by atoms with Gasteiger partial charge in [-0.15, -0.1) is 0 Å². The number of rotatable bonds is 17. The third-order valence-corrected chi connectivity index (χ3v) is 8.12. The molecule has 0 spiro atoms. The van der Waals surface area contributed by atoms with Gasteiger partial charge in [0, 0.05) is 43.0 Å². The molecular weight excluding hydrogens is 563 g/mol. The Balaban J connectivity index is 1.61. The van der Waals surface area contributed by atoms with Crippen LogP contribution >= 0.6 is 11.6 Å². The second-order valence-corrected chi connectivity index (χ2v) is 11.6. The normalized spacial score (nSPS) is 14.5. The number of halogens is 2. The van der Waals surface area contributed by atoms with E-state index in [-0.39, 0.29) is 6.42 Å². The van der Waals surface area contributed by atoms with Gasteiger partial charge in [0.2, 0.25) is 5.91 Å². The van der Waals surface area contributed by atoms with Gasteiger partial charge in [0.05, 0.1) is 18.6 Å². The Morgan fingerprint density at radius 2 is 2.00 bits per heavy atom. The number of alkyl halides is 1. The number of hydrogen-bond donors (Lipinski definition) is 3. The van der Waals surface area contributed by atoms with Crippen molar-refractivity contribution in [3.05, 3.63) is 52.2 Å². The quantitative estimate of drug-likeness (QED) is 0.223. The molecule has 1 aromatic heterocycles. The Morgan fingerprint density at radius 1 is 1.21 bits per heavy atom. The van der Waals surface area contributed by atoms with Gasteiger partial charge in [0.25, 0.3) is 0 Å². The number of anilines is 1. The van der Waals surface area contributed by atoms with Crippen molar-refractivity contribution in [2.75, 3.05) is 52.4 Å². The van der Waals surface area contributed by atoms with Crippen molar-refractivity contribution >= 4 is 29.3 Å². The number of unbranched alkanes of at least 4 members (excludes halogenated alkanes) is 1.